The van der Waals surface area contributed by atoms with Crippen molar-refractivity contribution in [2.75, 3.05) is 20.2 Å². The third kappa shape index (κ3) is 5.03. The topological polar surface area (TPSA) is 85.2 Å². The van der Waals surface area contributed by atoms with E-state index in [-0.39, 0.29) is 5.91 Å². The SMILES string of the molecule is COc1cc(-n2cnnn2)c(Cl)cc1C(=O)NCC1CCCCN1Cc1ccccc1. The third-order valence-corrected chi connectivity index (χ3v) is 5.89. The molecule has 1 aromatic heterocycles. The number of tetrazole rings is 1. The van der Waals surface area contributed by atoms with Gasteiger partial charge in [-0.3, -0.25) is 9.69 Å². The minimum atomic E-state index is -0.216. The van der Waals surface area contributed by atoms with Crippen LogP contribution >= 0.6 is 11.6 Å². The quantitative estimate of drug-likeness (QED) is 0.607. The summed E-state index contributed by atoms with van der Waals surface area (Å²) >= 11 is 6.40. The lowest BCUT2D eigenvalue weighted by Crippen LogP contribution is -2.46. The van der Waals surface area contributed by atoms with Crippen LogP contribution in [0.5, 0.6) is 5.75 Å². The monoisotopic (exact) mass is 440 g/mol. The highest BCUT2D eigenvalue weighted by atomic mass is 35.5. The highest BCUT2D eigenvalue weighted by Crippen LogP contribution is 2.29. The Morgan fingerprint density at radius 1 is 1.26 bits per heavy atom. The van der Waals surface area contributed by atoms with Crippen molar-refractivity contribution in [2.24, 2.45) is 0 Å². The summed E-state index contributed by atoms with van der Waals surface area (Å²) in [4.78, 5) is 15.4. The highest BCUT2D eigenvalue weighted by Gasteiger charge is 2.24. The second-order valence-corrected chi connectivity index (χ2v) is 7.98. The Labute approximate surface area is 186 Å². The fraction of sp³-hybridized carbons (Fsp3) is 0.364. The number of halogens is 1. The summed E-state index contributed by atoms with van der Waals surface area (Å²) in [6.45, 7) is 2.49. The number of nitrogens with zero attached hydrogens (tertiary/aromatic N) is 5. The number of hydrogen-bond donors (Lipinski definition) is 1. The second-order valence-electron chi connectivity index (χ2n) is 7.57. The van der Waals surface area contributed by atoms with Crippen LogP contribution in [-0.2, 0) is 6.54 Å². The molecule has 0 aliphatic carbocycles. The van der Waals surface area contributed by atoms with Gasteiger partial charge in [-0.05, 0) is 41.4 Å². The molecular formula is C22H25ClN6O2. The maximum atomic E-state index is 13.0. The summed E-state index contributed by atoms with van der Waals surface area (Å²) < 4.78 is 6.87. The van der Waals surface area contributed by atoms with Gasteiger partial charge in [0, 0.05) is 25.2 Å². The number of benzene rings is 2. The molecule has 162 valence electrons. The van der Waals surface area contributed by atoms with Gasteiger partial charge in [-0.15, -0.1) is 5.10 Å². The van der Waals surface area contributed by atoms with Gasteiger partial charge in [0.25, 0.3) is 5.91 Å². The van der Waals surface area contributed by atoms with Crippen LogP contribution in [0.25, 0.3) is 5.69 Å². The molecule has 0 radical (unpaired) electrons. The van der Waals surface area contributed by atoms with Gasteiger partial charge >= 0.3 is 0 Å². The van der Waals surface area contributed by atoms with Crippen molar-refractivity contribution in [3.05, 3.63) is 64.9 Å². The van der Waals surface area contributed by atoms with Crippen LogP contribution in [0.1, 0.15) is 35.2 Å². The van der Waals surface area contributed by atoms with Crippen LogP contribution in [0.3, 0.4) is 0 Å². The lowest BCUT2D eigenvalue weighted by atomic mass is 10.0. The Bertz CT molecular complexity index is 1010. The zero-order chi connectivity index (χ0) is 21.6. The number of carbonyl (C=O) groups is 1. The first-order valence-corrected chi connectivity index (χ1v) is 10.7. The van der Waals surface area contributed by atoms with E-state index in [0.717, 1.165) is 19.5 Å². The first-order chi connectivity index (χ1) is 15.2. The lowest BCUT2D eigenvalue weighted by molar-refractivity contribution is 0.0905. The van der Waals surface area contributed by atoms with Gasteiger partial charge in [-0.2, -0.15) is 4.68 Å². The zero-order valence-corrected chi connectivity index (χ0v) is 18.1. The van der Waals surface area contributed by atoms with Gasteiger partial charge < -0.3 is 10.1 Å². The molecule has 1 saturated heterocycles. The lowest BCUT2D eigenvalue weighted by Gasteiger charge is -2.36. The highest BCUT2D eigenvalue weighted by molar-refractivity contribution is 6.33. The van der Waals surface area contributed by atoms with Crippen LogP contribution in [0.4, 0.5) is 0 Å². The average Bonchev–Trinajstić information content (AvgIpc) is 3.33. The van der Waals surface area contributed by atoms with E-state index in [1.54, 1.807) is 12.1 Å². The van der Waals surface area contributed by atoms with Gasteiger partial charge in [0.2, 0.25) is 0 Å². The van der Waals surface area contributed by atoms with Crippen LogP contribution in [0.2, 0.25) is 5.02 Å². The average molecular weight is 441 g/mol. The Kier molecular flexibility index (Phi) is 6.79. The molecule has 1 aliphatic rings. The third-order valence-electron chi connectivity index (χ3n) is 5.59. The molecule has 0 bridgehead atoms. The molecule has 1 fully saturated rings. The molecule has 1 unspecified atom stereocenters. The number of amides is 1. The summed E-state index contributed by atoms with van der Waals surface area (Å²) in [5.74, 6) is 0.199. The number of nitrogens with one attached hydrogen (secondary N) is 1. The summed E-state index contributed by atoms with van der Waals surface area (Å²) in [7, 11) is 1.52. The second kappa shape index (κ2) is 9.89. The number of likely N-dealkylation sites (tertiary alicyclic amines) is 1. The summed E-state index contributed by atoms with van der Waals surface area (Å²) in [6.07, 6.45) is 4.84. The Balaban J connectivity index is 1.45. The van der Waals surface area contributed by atoms with E-state index in [4.69, 9.17) is 16.3 Å². The largest absolute Gasteiger partial charge is 0.496 e. The molecule has 1 aliphatic heterocycles. The van der Waals surface area contributed by atoms with E-state index >= 15 is 0 Å². The fourth-order valence-corrected chi connectivity index (χ4v) is 4.21. The van der Waals surface area contributed by atoms with E-state index in [1.807, 2.05) is 6.07 Å². The minimum Gasteiger partial charge on any atom is -0.496 e. The van der Waals surface area contributed by atoms with Crippen molar-refractivity contribution in [1.29, 1.82) is 0 Å². The predicted molar refractivity (Wildman–Crippen MR) is 118 cm³/mol. The molecule has 0 spiro atoms. The van der Waals surface area contributed by atoms with Crippen LogP contribution in [-0.4, -0.2) is 57.3 Å². The van der Waals surface area contributed by atoms with E-state index in [2.05, 4.69) is 50.0 Å². The van der Waals surface area contributed by atoms with Crippen molar-refractivity contribution in [1.82, 2.24) is 30.4 Å². The molecule has 3 aromatic rings. The van der Waals surface area contributed by atoms with E-state index in [9.17, 15) is 4.79 Å². The summed E-state index contributed by atoms with van der Waals surface area (Å²) in [5, 5.41) is 14.5. The molecule has 1 N–H and O–H groups in total. The smallest absolute Gasteiger partial charge is 0.255 e. The molecule has 9 heteroatoms. The number of methoxy groups -OCH3 is 1. The minimum absolute atomic E-state index is 0.216. The number of piperidine rings is 1. The van der Waals surface area contributed by atoms with Gasteiger partial charge in [0.05, 0.1) is 23.4 Å². The van der Waals surface area contributed by atoms with Crippen LogP contribution < -0.4 is 10.1 Å². The normalized spacial score (nSPS) is 16.8. The van der Waals surface area contributed by atoms with Gasteiger partial charge in [0.1, 0.15) is 12.1 Å². The molecule has 8 nitrogen and oxygen atoms in total. The van der Waals surface area contributed by atoms with E-state index < -0.39 is 0 Å². The van der Waals surface area contributed by atoms with Gasteiger partial charge in [0.15, 0.2) is 0 Å². The zero-order valence-electron chi connectivity index (χ0n) is 17.4. The summed E-state index contributed by atoms with van der Waals surface area (Å²) in [5.41, 5.74) is 2.21. The molecular weight excluding hydrogens is 416 g/mol. The molecule has 31 heavy (non-hydrogen) atoms. The first kappa shape index (κ1) is 21.3. The maximum absolute atomic E-state index is 13.0. The number of aromatic nitrogens is 4. The molecule has 2 heterocycles. The first-order valence-electron chi connectivity index (χ1n) is 10.3. The van der Waals surface area contributed by atoms with E-state index in [0.29, 0.717) is 34.6 Å². The van der Waals surface area contributed by atoms with Crippen LogP contribution in [0, 0.1) is 0 Å². The number of hydrogen-bond acceptors (Lipinski definition) is 6. The molecule has 1 amide bonds. The Hall–Kier alpha value is -2.97. The molecule has 1 atom stereocenters. The fourth-order valence-electron chi connectivity index (χ4n) is 3.96. The van der Waals surface area contributed by atoms with Gasteiger partial charge in [-0.1, -0.05) is 48.4 Å². The Morgan fingerprint density at radius 2 is 2.10 bits per heavy atom. The predicted octanol–water partition coefficient (Wildman–Crippen LogP) is 3.11. The summed E-state index contributed by atoms with van der Waals surface area (Å²) in [6, 6.07) is 14.0. The van der Waals surface area contributed by atoms with Crippen molar-refractivity contribution >= 4 is 17.5 Å². The van der Waals surface area contributed by atoms with E-state index in [1.165, 1.54) is 36.5 Å². The van der Waals surface area contributed by atoms with Crippen molar-refractivity contribution in [2.45, 2.75) is 31.8 Å². The van der Waals surface area contributed by atoms with Crippen molar-refractivity contribution in [3.63, 3.8) is 0 Å². The number of carbonyl (C=O) groups excluding carboxylic acids is 1. The molecule has 0 saturated carbocycles. The van der Waals surface area contributed by atoms with Gasteiger partial charge in [-0.25, -0.2) is 0 Å². The van der Waals surface area contributed by atoms with Crippen LogP contribution in [0.15, 0.2) is 48.8 Å². The molecule has 2 aromatic carbocycles. The maximum Gasteiger partial charge on any atom is 0.255 e. The van der Waals surface area contributed by atoms with Crippen molar-refractivity contribution < 1.29 is 9.53 Å². The Morgan fingerprint density at radius 3 is 2.84 bits per heavy atom. The standard InChI is InChI=1S/C22H25ClN6O2/c1-31-21-12-20(29-15-25-26-27-29)19(23)11-18(21)22(30)24-13-17-9-5-6-10-28(17)14-16-7-3-2-4-8-16/h2-4,7-8,11-12,15,17H,5-6,9-10,13-14H2,1H3,(H,24,30). The molecule has 4 rings (SSSR count). The van der Waals surface area contributed by atoms with Crippen molar-refractivity contribution in [3.8, 4) is 11.4 Å². The number of rotatable bonds is 7. The number of ether oxygens (including phenoxy) is 1.